The van der Waals surface area contributed by atoms with Gasteiger partial charge in [-0.05, 0) is 18.2 Å². The van der Waals surface area contributed by atoms with Crippen LogP contribution in [0.2, 0.25) is 0 Å². The number of hydrogen-bond acceptors (Lipinski definition) is 1. The van der Waals surface area contributed by atoms with Gasteiger partial charge in [0.2, 0.25) is 0 Å². The summed E-state index contributed by atoms with van der Waals surface area (Å²) in [4.78, 5) is 3.48. The molecule has 1 N–H and O–H groups in total. The van der Waals surface area contributed by atoms with E-state index in [9.17, 15) is 0 Å². The standard InChI is InChI=1S/C19H14BrNS.C3H8/c1-2-15-14(7-5-11-20)18-16(21-15)10-9-13-12-6-3-4-8-17(12)22-19(13)18;1-3-2/h2-10,21H,1,11H2;3H2,1-2H3/b7-5-;. The van der Waals surface area contributed by atoms with Crippen molar-refractivity contribution in [1.29, 1.82) is 0 Å². The van der Waals surface area contributed by atoms with Crippen molar-refractivity contribution in [2.45, 2.75) is 20.3 Å². The lowest BCUT2D eigenvalue weighted by Gasteiger charge is -1.97. The molecule has 0 atom stereocenters. The van der Waals surface area contributed by atoms with Gasteiger partial charge in [-0.1, -0.05) is 79.2 Å². The Morgan fingerprint density at radius 1 is 1.12 bits per heavy atom. The Labute approximate surface area is 161 Å². The van der Waals surface area contributed by atoms with Gasteiger partial charge in [0, 0.05) is 47.7 Å². The van der Waals surface area contributed by atoms with Crippen LogP contribution in [-0.4, -0.2) is 10.3 Å². The maximum atomic E-state index is 3.94. The summed E-state index contributed by atoms with van der Waals surface area (Å²) >= 11 is 5.33. The summed E-state index contributed by atoms with van der Waals surface area (Å²) in [6, 6.07) is 13.0. The molecule has 0 saturated carbocycles. The third-order valence-corrected chi connectivity index (χ3v) is 5.53. The maximum Gasteiger partial charge on any atom is 0.0479 e. The van der Waals surface area contributed by atoms with Crippen LogP contribution in [0.4, 0.5) is 0 Å². The number of thiophene rings is 1. The summed E-state index contributed by atoms with van der Waals surface area (Å²) in [5, 5.41) is 4.81. The number of rotatable bonds is 3. The molecule has 0 amide bonds. The monoisotopic (exact) mass is 411 g/mol. The first kappa shape index (κ1) is 18.0. The van der Waals surface area contributed by atoms with Gasteiger partial charge in [-0.25, -0.2) is 0 Å². The highest BCUT2D eigenvalue weighted by Gasteiger charge is 2.14. The van der Waals surface area contributed by atoms with Crippen LogP contribution in [0.25, 0.3) is 43.2 Å². The van der Waals surface area contributed by atoms with Crippen molar-refractivity contribution < 1.29 is 0 Å². The largest absolute Gasteiger partial charge is 0.354 e. The highest BCUT2D eigenvalue weighted by atomic mass is 79.9. The number of nitrogens with one attached hydrogen (secondary N) is 1. The minimum absolute atomic E-state index is 0.846. The fourth-order valence-corrected chi connectivity index (χ4v) is 4.46. The van der Waals surface area contributed by atoms with Gasteiger partial charge in [0.15, 0.2) is 0 Å². The first-order valence-electron chi connectivity index (χ1n) is 8.55. The first-order valence-corrected chi connectivity index (χ1v) is 10.5. The van der Waals surface area contributed by atoms with Crippen LogP contribution < -0.4 is 0 Å². The molecule has 2 aromatic heterocycles. The molecule has 1 nitrogen and oxygen atoms in total. The zero-order valence-corrected chi connectivity index (χ0v) is 17.0. The van der Waals surface area contributed by atoms with Crippen LogP contribution in [0.15, 0.2) is 49.1 Å². The Kier molecular flexibility index (Phi) is 5.77. The molecule has 4 rings (SSSR count). The van der Waals surface area contributed by atoms with Crippen LogP contribution in [0.5, 0.6) is 0 Å². The minimum Gasteiger partial charge on any atom is -0.354 e. The molecule has 0 spiro atoms. The molecule has 3 heteroatoms. The molecule has 0 fully saturated rings. The lowest BCUT2D eigenvalue weighted by atomic mass is 10.1. The maximum absolute atomic E-state index is 3.94. The summed E-state index contributed by atoms with van der Waals surface area (Å²) in [6.07, 6.45) is 7.45. The minimum atomic E-state index is 0.846. The van der Waals surface area contributed by atoms with Gasteiger partial charge in [0.1, 0.15) is 0 Å². The molecule has 128 valence electrons. The van der Waals surface area contributed by atoms with Gasteiger partial charge in [0.05, 0.1) is 0 Å². The molecule has 0 unspecified atom stereocenters. The quantitative estimate of drug-likeness (QED) is 0.328. The number of fused-ring (bicyclic) bond motifs is 5. The van der Waals surface area contributed by atoms with E-state index in [4.69, 9.17) is 0 Å². The van der Waals surface area contributed by atoms with E-state index in [1.54, 1.807) is 0 Å². The molecule has 0 bridgehead atoms. The molecular weight excluding hydrogens is 390 g/mol. The van der Waals surface area contributed by atoms with E-state index in [1.165, 1.54) is 43.1 Å². The smallest absolute Gasteiger partial charge is 0.0479 e. The summed E-state index contributed by atoms with van der Waals surface area (Å²) in [6.45, 7) is 8.19. The second-order valence-electron chi connectivity index (χ2n) is 5.88. The van der Waals surface area contributed by atoms with E-state index in [0.29, 0.717) is 0 Å². The summed E-state index contributed by atoms with van der Waals surface area (Å²) in [5.74, 6) is 0. The summed E-state index contributed by atoms with van der Waals surface area (Å²) in [5.41, 5.74) is 3.47. The van der Waals surface area contributed by atoms with Gasteiger partial charge in [0.25, 0.3) is 0 Å². The van der Waals surface area contributed by atoms with Crippen LogP contribution in [-0.2, 0) is 0 Å². The average molecular weight is 412 g/mol. The van der Waals surface area contributed by atoms with Gasteiger partial charge in [-0.3, -0.25) is 0 Å². The Hall–Kier alpha value is -1.84. The fraction of sp³-hybridized carbons (Fsp3) is 0.182. The van der Waals surface area contributed by atoms with E-state index in [2.05, 4.69) is 89.9 Å². The predicted octanol–water partition coefficient (Wildman–Crippen LogP) is 8.00. The normalized spacial score (nSPS) is 11.3. The zero-order chi connectivity index (χ0) is 17.8. The van der Waals surface area contributed by atoms with Crippen LogP contribution in [0.1, 0.15) is 31.5 Å². The van der Waals surface area contributed by atoms with Crippen molar-refractivity contribution in [2.75, 3.05) is 5.33 Å². The first-order chi connectivity index (χ1) is 12.2. The summed E-state index contributed by atoms with van der Waals surface area (Å²) < 4.78 is 2.68. The highest BCUT2D eigenvalue weighted by molar-refractivity contribution is 9.09. The molecule has 0 aliphatic rings. The van der Waals surface area contributed by atoms with Crippen molar-refractivity contribution in [3.8, 4) is 0 Å². The molecule has 2 aromatic carbocycles. The third-order valence-electron chi connectivity index (χ3n) is 3.95. The zero-order valence-electron chi connectivity index (χ0n) is 14.6. The van der Waals surface area contributed by atoms with Crippen LogP contribution >= 0.6 is 27.3 Å². The number of halogens is 1. The molecule has 4 aromatic rings. The Morgan fingerprint density at radius 3 is 2.60 bits per heavy atom. The second-order valence-corrected chi connectivity index (χ2v) is 7.58. The number of aromatic amines is 1. The van der Waals surface area contributed by atoms with Crippen LogP contribution in [0.3, 0.4) is 0 Å². The Bertz CT molecular complexity index is 1050. The topological polar surface area (TPSA) is 15.8 Å². The molecule has 0 radical (unpaired) electrons. The van der Waals surface area contributed by atoms with E-state index < -0.39 is 0 Å². The average Bonchev–Trinajstić information content (AvgIpc) is 3.18. The number of benzene rings is 2. The molecule has 0 aliphatic carbocycles. The lowest BCUT2D eigenvalue weighted by molar-refractivity contribution is 1.09. The molecule has 0 saturated heterocycles. The van der Waals surface area contributed by atoms with E-state index in [0.717, 1.165) is 11.0 Å². The SMILES string of the molecule is C=Cc1[nH]c2ccc3c4ccccc4sc3c2c1/C=C\CBr.CCC. The fourth-order valence-electron chi connectivity index (χ4n) is 3.00. The predicted molar refractivity (Wildman–Crippen MR) is 120 cm³/mol. The molecule has 25 heavy (non-hydrogen) atoms. The van der Waals surface area contributed by atoms with E-state index >= 15 is 0 Å². The molecule has 2 heterocycles. The van der Waals surface area contributed by atoms with Gasteiger partial charge in [-0.2, -0.15) is 0 Å². The van der Waals surface area contributed by atoms with Crippen molar-refractivity contribution in [1.82, 2.24) is 4.98 Å². The van der Waals surface area contributed by atoms with Gasteiger partial charge < -0.3 is 4.98 Å². The van der Waals surface area contributed by atoms with Crippen molar-refractivity contribution in [2.24, 2.45) is 0 Å². The summed E-state index contributed by atoms with van der Waals surface area (Å²) in [7, 11) is 0. The number of allylic oxidation sites excluding steroid dienone is 1. The Morgan fingerprint density at radius 2 is 1.88 bits per heavy atom. The number of hydrogen-bond donors (Lipinski definition) is 1. The van der Waals surface area contributed by atoms with E-state index in [1.807, 2.05) is 17.4 Å². The second kappa shape index (κ2) is 8.03. The highest BCUT2D eigenvalue weighted by Crippen LogP contribution is 2.40. The van der Waals surface area contributed by atoms with Crippen molar-refractivity contribution in [3.05, 3.63) is 60.3 Å². The van der Waals surface area contributed by atoms with E-state index in [-0.39, 0.29) is 0 Å². The van der Waals surface area contributed by atoms with Gasteiger partial charge >= 0.3 is 0 Å². The molecule has 0 aliphatic heterocycles. The van der Waals surface area contributed by atoms with Gasteiger partial charge in [-0.15, -0.1) is 11.3 Å². The third kappa shape index (κ3) is 3.31. The Balaban J connectivity index is 0.000000569. The lowest BCUT2D eigenvalue weighted by Crippen LogP contribution is -1.75. The molecular formula is C22H22BrNS. The number of alkyl halides is 1. The van der Waals surface area contributed by atoms with Crippen molar-refractivity contribution >= 4 is 70.5 Å². The number of aromatic nitrogens is 1. The number of H-pyrrole nitrogens is 1. The van der Waals surface area contributed by atoms with Crippen LogP contribution in [0, 0.1) is 0 Å². The van der Waals surface area contributed by atoms with Crippen molar-refractivity contribution in [3.63, 3.8) is 0 Å².